The predicted molar refractivity (Wildman–Crippen MR) is 52.7 cm³/mol. The molecule has 0 unspecified atom stereocenters. The lowest BCUT2D eigenvalue weighted by Crippen LogP contribution is -1.92. The lowest BCUT2D eigenvalue weighted by Gasteiger charge is -2.04. The number of benzene rings is 1. The summed E-state index contributed by atoms with van der Waals surface area (Å²) in [5.41, 5.74) is 1.92. The molecule has 1 radical (unpaired) electrons. The Morgan fingerprint density at radius 2 is 2.40 bits per heavy atom. The van der Waals surface area contributed by atoms with Crippen molar-refractivity contribution < 1.29 is 4.39 Å². The van der Waals surface area contributed by atoms with Crippen molar-refractivity contribution >= 4 is 0 Å². The van der Waals surface area contributed by atoms with E-state index in [4.69, 9.17) is 0 Å². The highest BCUT2D eigenvalue weighted by molar-refractivity contribution is 5.58. The third-order valence-electron chi connectivity index (χ3n) is 2.13. The third kappa shape index (κ3) is 2.18. The van der Waals surface area contributed by atoms with Gasteiger partial charge in [-0.2, -0.15) is 0 Å². The van der Waals surface area contributed by atoms with Crippen LogP contribution in [-0.2, 0) is 6.42 Å². The molecular formula is C10H10FN4. The molecule has 0 atom stereocenters. The number of H-pyrrole nitrogens is 1. The highest BCUT2D eigenvalue weighted by Crippen LogP contribution is 2.19. The van der Waals surface area contributed by atoms with E-state index < -0.39 is 0 Å². The van der Waals surface area contributed by atoms with Gasteiger partial charge >= 0.3 is 0 Å². The molecular weight excluding hydrogens is 195 g/mol. The maximum Gasteiger partial charge on any atom is 0.179 e. The summed E-state index contributed by atoms with van der Waals surface area (Å²) < 4.78 is 12.1. The van der Waals surface area contributed by atoms with Gasteiger partial charge in [-0.05, 0) is 34.9 Å². The van der Waals surface area contributed by atoms with Crippen molar-refractivity contribution in [1.29, 1.82) is 0 Å². The number of hydrogen-bond acceptors (Lipinski definition) is 3. The van der Waals surface area contributed by atoms with Crippen LogP contribution in [0.5, 0.6) is 0 Å². The first-order valence-corrected chi connectivity index (χ1v) is 4.71. The number of aromatic nitrogens is 4. The summed E-state index contributed by atoms with van der Waals surface area (Å²) in [6, 6.07) is 8.47. The van der Waals surface area contributed by atoms with Crippen LogP contribution in [0.3, 0.4) is 0 Å². The van der Waals surface area contributed by atoms with Crippen LogP contribution in [0.25, 0.3) is 11.4 Å². The Hall–Kier alpha value is -1.78. The predicted octanol–water partition coefficient (Wildman–Crippen LogP) is 1.57. The van der Waals surface area contributed by atoms with E-state index in [-0.39, 0.29) is 6.67 Å². The highest BCUT2D eigenvalue weighted by atomic mass is 19.1. The fourth-order valence-electron chi connectivity index (χ4n) is 1.43. The molecule has 5 heteroatoms. The van der Waals surface area contributed by atoms with Crippen LogP contribution in [0.15, 0.2) is 18.2 Å². The van der Waals surface area contributed by atoms with Gasteiger partial charge < -0.3 is 0 Å². The first kappa shape index (κ1) is 9.76. The number of aromatic amines is 1. The molecule has 2 aromatic rings. The molecule has 0 fully saturated rings. The zero-order valence-corrected chi connectivity index (χ0v) is 8.07. The van der Waals surface area contributed by atoms with E-state index in [0.29, 0.717) is 18.7 Å². The monoisotopic (exact) mass is 205 g/mol. The van der Waals surface area contributed by atoms with Gasteiger partial charge in [0, 0.05) is 5.56 Å². The average molecular weight is 205 g/mol. The number of aryl methyl sites for hydroxylation is 1. The zero-order valence-electron chi connectivity index (χ0n) is 8.07. The van der Waals surface area contributed by atoms with E-state index in [1.165, 1.54) is 0 Å². The number of halogens is 1. The first-order chi connectivity index (χ1) is 7.42. The van der Waals surface area contributed by atoms with Gasteiger partial charge in [0.2, 0.25) is 0 Å². The van der Waals surface area contributed by atoms with E-state index in [9.17, 15) is 4.39 Å². The van der Waals surface area contributed by atoms with E-state index >= 15 is 0 Å². The summed E-state index contributed by atoms with van der Waals surface area (Å²) in [4.78, 5) is 0. The molecule has 0 saturated heterocycles. The van der Waals surface area contributed by atoms with Crippen molar-refractivity contribution in [2.24, 2.45) is 0 Å². The van der Waals surface area contributed by atoms with Crippen LogP contribution in [0.1, 0.15) is 12.0 Å². The first-order valence-electron chi connectivity index (χ1n) is 4.71. The van der Waals surface area contributed by atoms with Gasteiger partial charge in [0.25, 0.3) is 0 Å². The second kappa shape index (κ2) is 4.63. The Bertz CT molecular complexity index is 413. The Kier molecular flexibility index (Phi) is 3.02. The molecule has 4 nitrogen and oxygen atoms in total. The van der Waals surface area contributed by atoms with Crippen molar-refractivity contribution in [3.8, 4) is 11.4 Å². The number of rotatable bonds is 4. The average Bonchev–Trinajstić information content (AvgIpc) is 2.80. The zero-order chi connectivity index (χ0) is 10.5. The van der Waals surface area contributed by atoms with Gasteiger partial charge in [-0.3, -0.25) is 4.39 Å². The molecule has 77 valence electrons. The highest BCUT2D eigenvalue weighted by Gasteiger charge is 2.07. The minimum Gasteiger partial charge on any atom is -0.251 e. The van der Waals surface area contributed by atoms with Crippen molar-refractivity contribution in [2.45, 2.75) is 12.8 Å². The third-order valence-corrected chi connectivity index (χ3v) is 2.13. The Labute approximate surface area is 86.5 Å². The van der Waals surface area contributed by atoms with Crippen LogP contribution in [-0.4, -0.2) is 27.3 Å². The summed E-state index contributed by atoms with van der Waals surface area (Å²) in [6.45, 7) is -0.316. The van der Waals surface area contributed by atoms with Gasteiger partial charge in [0.15, 0.2) is 5.82 Å². The van der Waals surface area contributed by atoms with Crippen LogP contribution < -0.4 is 0 Å². The van der Waals surface area contributed by atoms with Crippen molar-refractivity contribution in [1.82, 2.24) is 20.6 Å². The molecule has 0 amide bonds. The van der Waals surface area contributed by atoms with E-state index in [1.54, 1.807) is 6.07 Å². The SMILES string of the molecule is FCCCc1c[c]ccc1-c1nnn[nH]1. The number of hydrogen-bond donors (Lipinski definition) is 1. The second-order valence-corrected chi connectivity index (χ2v) is 3.13. The molecule has 0 aliphatic rings. The minimum absolute atomic E-state index is 0.316. The van der Waals surface area contributed by atoms with E-state index in [0.717, 1.165) is 11.1 Å². The van der Waals surface area contributed by atoms with Crippen LogP contribution in [0.2, 0.25) is 0 Å². The molecule has 0 spiro atoms. The fourth-order valence-corrected chi connectivity index (χ4v) is 1.43. The van der Waals surface area contributed by atoms with Crippen LogP contribution >= 0.6 is 0 Å². The summed E-state index contributed by atoms with van der Waals surface area (Å²) in [7, 11) is 0. The van der Waals surface area contributed by atoms with E-state index in [1.807, 2.05) is 12.1 Å². The topological polar surface area (TPSA) is 54.5 Å². The van der Waals surface area contributed by atoms with Crippen molar-refractivity contribution in [2.75, 3.05) is 6.67 Å². The molecule has 1 aromatic carbocycles. The molecule has 15 heavy (non-hydrogen) atoms. The Morgan fingerprint density at radius 1 is 1.47 bits per heavy atom. The Balaban J connectivity index is 2.30. The Morgan fingerprint density at radius 3 is 3.13 bits per heavy atom. The molecule has 0 aliphatic carbocycles. The standard InChI is InChI=1S/C10H10FN4/c11-7-3-5-8-4-1-2-6-9(8)10-12-14-15-13-10/h2,4,6H,3,5,7H2,(H,12,13,14,15). The molecule has 1 aromatic heterocycles. The molecule has 1 N–H and O–H groups in total. The number of tetrazole rings is 1. The molecule has 0 saturated carbocycles. The van der Waals surface area contributed by atoms with Crippen molar-refractivity contribution in [3.05, 3.63) is 29.8 Å². The number of nitrogens with one attached hydrogen (secondary N) is 1. The summed E-state index contributed by atoms with van der Waals surface area (Å²) in [5, 5.41) is 13.6. The van der Waals surface area contributed by atoms with Gasteiger partial charge in [-0.15, -0.1) is 5.10 Å². The summed E-state index contributed by atoms with van der Waals surface area (Å²) >= 11 is 0. The number of alkyl halides is 1. The van der Waals surface area contributed by atoms with Gasteiger partial charge in [0.05, 0.1) is 6.67 Å². The van der Waals surface area contributed by atoms with Gasteiger partial charge in [0.1, 0.15) is 0 Å². The molecule has 2 rings (SSSR count). The molecule has 1 heterocycles. The van der Waals surface area contributed by atoms with Crippen molar-refractivity contribution in [3.63, 3.8) is 0 Å². The maximum absolute atomic E-state index is 12.1. The minimum atomic E-state index is -0.316. The fraction of sp³-hybridized carbons (Fsp3) is 0.300. The quantitative estimate of drug-likeness (QED) is 0.824. The van der Waals surface area contributed by atoms with Crippen LogP contribution in [0.4, 0.5) is 4.39 Å². The van der Waals surface area contributed by atoms with Gasteiger partial charge in [-0.1, -0.05) is 18.2 Å². The maximum atomic E-state index is 12.1. The summed E-state index contributed by atoms with van der Waals surface area (Å²) in [5.74, 6) is 0.609. The van der Waals surface area contributed by atoms with Gasteiger partial charge in [-0.25, -0.2) is 5.10 Å². The van der Waals surface area contributed by atoms with Crippen LogP contribution in [0, 0.1) is 6.07 Å². The largest absolute Gasteiger partial charge is 0.251 e. The number of nitrogens with zero attached hydrogens (tertiary/aromatic N) is 3. The summed E-state index contributed by atoms with van der Waals surface area (Å²) in [6.07, 6.45) is 1.18. The normalized spacial score (nSPS) is 10.5. The molecule has 0 aliphatic heterocycles. The lowest BCUT2D eigenvalue weighted by molar-refractivity contribution is 0.473. The molecule has 0 bridgehead atoms. The smallest absolute Gasteiger partial charge is 0.179 e. The van der Waals surface area contributed by atoms with E-state index in [2.05, 4.69) is 26.7 Å². The lowest BCUT2D eigenvalue weighted by atomic mass is 10.0. The second-order valence-electron chi connectivity index (χ2n) is 3.13.